The average Bonchev–Trinajstić information content (AvgIpc) is 3.05. The summed E-state index contributed by atoms with van der Waals surface area (Å²) >= 11 is 0. The van der Waals surface area contributed by atoms with Gasteiger partial charge in [0.1, 0.15) is 5.75 Å². The van der Waals surface area contributed by atoms with Crippen LogP contribution >= 0.6 is 0 Å². The highest BCUT2D eigenvalue weighted by Gasteiger charge is 2.40. The molecular weight excluding hydrogens is 556 g/mol. The molecule has 1 aliphatic carbocycles. The molecule has 0 heterocycles. The van der Waals surface area contributed by atoms with Gasteiger partial charge in [0.15, 0.2) is 11.9 Å². The molecule has 0 aromatic heterocycles. The molecule has 44 heavy (non-hydrogen) atoms. The molecular formula is C37H50O7. The van der Waals surface area contributed by atoms with E-state index in [1.165, 1.54) is 25.7 Å². The van der Waals surface area contributed by atoms with Gasteiger partial charge in [0.05, 0.1) is 12.2 Å². The predicted octanol–water partition coefficient (Wildman–Crippen LogP) is 8.48. The number of ether oxygens (including phenoxy) is 5. The molecule has 2 aromatic carbocycles. The molecule has 240 valence electrons. The Bertz CT molecular complexity index is 1170. The van der Waals surface area contributed by atoms with Gasteiger partial charge in [-0.15, -0.1) is 0 Å². The first-order valence-corrected chi connectivity index (χ1v) is 16.3. The molecule has 0 aliphatic heterocycles. The summed E-state index contributed by atoms with van der Waals surface area (Å²) in [6, 6.07) is 16.5. The minimum atomic E-state index is -1.21. The van der Waals surface area contributed by atoms with Crippen molar-refractivity contribution in [3.8, 4) is 5.75 Å². The summed E-state index contributed by atoms with van der Waals surface area (Å²) in [4.78, 5) is 25.5. The Labute approximate surface area is 263 Å². The third kappa shape index (κ3) is 11.7. The topological polar surface area (TPSA) is 80.3 Å². The van der Waals surface area contributed by atoms with E-state index in [0.717, 1.165) is 43.2 Å². The molecule has 0 N–H and O–H groups in total. The van der Waals surface area contributed by atoms with Crippen LogP contribution in [0.4, 0.5) is 0 Å². The fourth-order valence-electron chi connectivity index (χ4n) is 5.17. The largest absolute Gasteiger partial charge is 0.462 e. The van der Waals surface area contributed by atoms with Crippen molar-refractivity contribution in [2.24, 2.45) is 0 Å². The van der Waals surface area contributed by atoms with Crippen molar-refractivity contribution in [1.82, 2.24) is 0 Å². The van der Waals surface area contributed by atoms with Crippen molar-refractivity contribution in [1.29, 1.82) is 0 Å². The van der Waals surface area contributed by atoms with Crippen molar-refractivity contribution >= 4 is 17.5 Å². The Kier molecular flexibility index (Phi) is 15.9. The normalized spacial score (nSPS) is 16.1. The minimum absolute atomic E-state index is 0.0677. The number of esters is 2. The lowest BCUT2D eigenvalue weighted by atomic mass is 9.89. The number of carbonyl (C=O) groups is 2. The molecule has 3 rings (SSSR count). The molecule has 2 aromatic rings. The Morgan fingerprint density at radius 1 is 0.773 bits per heavy atom. The summed E-state index contributed by atoms with van der Waals surface area (Å²) in [5, 5.41) is 0. The first-order chi connectivity index (χ1) is 21.5. The maximum atomic E-state index is 13.5. The van der Waals surface area contributed by atoms with Gasteiger partial charge in [-0.3, -0.25) is 0 Å². The smallest absolute Gasteiger partial charge is 0.348 e. The predicted molar refractivity (Wildman–Crippen MR) is 173 cm³/mol. The van der Waals surface area contributed by atoms with Gasteiger partial charge in [0, 0.05) is 26.2 Å². The van der Waals surface area contributed by atoms with Gasteiger partial charge in [0.25, 0.3) is 0 Å². The second-order valence-corrected chi connectivity index (χ2v) is 10.9. The van der Waals surface area contributed by atoms with E-state index in [2.05, 4.69) is 0 Å². The average molecular weight is 607 g/mol. The maximum Gasteiger partial charge on any atom is 0.348 e. The zero-order valence-electron chi connectivity index (χ0n) is 26.8. The monoisotopic (exact) mass is 606 g/mol. The molecule has 7 heteroatoms. The van der Waals surface area contributed by atoms with Crippen molar-refractivity contribution in [3.63, 3.8) is 0 Å². The van der Waals surface area contributed by atoms with E-state index in [1.54, 1.807) is 31.2 Å². The first-order valence-electron chi connectivity index (χ1n) is 16.3. The summed E-state index contributed by atoms with van der Waals surface area (Å²) < 4.78 is 28.3. The van der Waals surface area contributed by atoms with E-state index in [0.29, 0.717) is 44.2 Å². The Morgan fingerprint density at radius 3 is 2.00 bits per heavy atom. The number of rotatable bonds is 21. The number of benzene rings is 2. The molecule has 7 nitrogen and oxygen atoms in total. The van der Waals surface area contributed by atoms with Gasteiger partial charge >= 0.3 is 11.9 Å². The van der Waals surface area contributed by atoms with Crippen LogP contribution < -0.4 is 4.74 Å². The lowest BCUT2D eigenvalue weighted by molar-refractivity contribution is -0.156. The highest BCUT2D eigenvalue weighted by Crippen LogP contribution is 2.32. The summed E-state index contributed by atoms with van der Waals surface area (Å²) in [7, 11) is 0. The quantitative estimate of drug-likeness (QED) is 0.0610. The first kappa shape index (κ1) is 35.2. The van der Waals surface area contributed by atoms with Gasteiger partial charge < -0.3 is 23.7 Å². The molecule has 0 bridgehead atoms. The SMILES string of the molecule is CCOC(=O)c1ccc(OC(=O)C2(OCCCCCCCCCCC(OCC)OCC)C=CC(c3ccccc3)=CC2)cc1. The molecule has 0 saturated carbocycles. The van der Waals surface area contributed by atoms with Gasteiger partial charge in [-0.1, -0.05) is 81.0 Å². The number of unbranched alkanes of at least 4 members (excludes halogenated alkanes) is 7. The summed E-state index contributed by atoms with van der Waals surface area (Å²) in [6.45, 7) is 7.90. The van der Waals surface area contributed by atoms with Gasteiger partial charge in [-0.05, 0) is 81.5 Å². The van der Waals surface area contributed by atoms with Gasteiger partial charge in [-0.2, -0.15) is 0 Å². The summed E-state index contributed by atoms with van der Waals surface area (Å²) in [6.07, 6.45) is 16.1. The third-order valence-electron chi connectivity index (χ3n) is 7.58. The van der Waals surface area contributed by atoms with Crippen LogP contribution in [0.2, 0.25) is 0 Å². The summed E-state index contributed by atoms with van der Waals surface area (Å²) in [5.74, 6) is -0.535. The Hall–Kier alpha value is -3.26. The number of hydrogen-bond donors (Lipinski definition) is 0. The zero-order valence-corrected chi connectivity index (χ0v) is 26.8. The number of hydrogen-bond acceptors (Lipinski definition) is 7. The molecule has 0 amide bonds. The second kappa shape index (κ2) is 19.9. The van der Waals surface area contributed by atoms with Crippen molar-refractivity contribution < 1.29 is 33.3 Å². The van der Waals surface area contributed by atoms with Crippen LogP contribution in [0, 0.1) is 0 Å². The standard InChI is InChI=1S/C37H50O7/c1-4-40-34(41-5-2)20-16-11-9-7-8-10-12-17-29-43-37(27-25-31(26-28-37)30-18-14-13-15-19-30)36(39)44-33-23-21-32(22-24-33)35(38)42-6-3/h13-15,18-19,21-27,34H,4-12,16-17,20,28-29H2,1-3H3. The van der Waals surface area contributed by atoms with E-state index >= 15 is 0 Å². The van der Waals surface area contributed by atoms with Crippen LogP contribution in [-0.2, 0) is 23.7 Å². The fraction of sp³-hybridized carbons (Fsp3) is 0.514. The second-order valence-electron chi connectivity index (χ2n) is 10.9. The third-order valence-corrected chi connectivity index (χ3v) is 7.58. The minimum Gasteiger partial charge on any atom is -0.462 e. The number of carbonyl (C=O) groups excluding carboxylic acids is 2. The van der Waals surface area contributed by atoms with Crippen LogP contribution in [0.15, 0.2) is 72.8 Å². The van der Waals surface area contributed by atoms with E-state index in [1.807, 2.05) is 62.4 Å². The molecule has 0 saturated heterocycles. The number of allylic oxidation sites excluding steroid dienone is 2. The van der Waals surface area contributed by atoms with Crippen molar-refractivity contribution in [2.45, 2.75) is 96.9 Å². The molecule has 0 fully saturated rings. The lowest BCUT2D eigenvalue weighted by Crippen LogP contribution is -2.43. The highest BCUT2D eigenvalue weighted by molar-refractivity contribution is 5.90. The van der Waals surface area contributed by atoms with Crippen LogP contribution in [0.1, 0.15) is 101 Å². The Balaban J connectivity index is 1.46. The zero-order chi connectivity index (χ0) is 31.5. The van der Waals surface area contributed by atoms with Crippen LogP contribution in [-0.4, -0.2) is 50.3 Å². The molecule has 1 aliphatic rings. The van der Waals surface area contributed by atoms with Crippen molar-refractivity contribution in [2.75, 3.05) is 26.4 Å². The Morgan fingerprint density at radius 2 is 1.41 bits per heavy atom. The van der Waals surface area contributed by atoms with Gasteiger partial charge in [0.2, 0.25) is 0 Å². The van der Waals surface area contributed by atoms with Crippen molar-refractivity contribution in [3.05, 3.63) is 84.0 Å². The van der Waals surface area contributed by atoms with E-state index in [9.17, 15) is 9.59 Å². The van der Waals surface area contributed by atoms with E-state index in [-0.39, 0.29) is 6.29 Å². The van der Waals surface area contributed by atoms with Gasteiger partial charge in [-0.25, -0.2) is 9.59 Å². The van der Waals surface area contributed by atoms with E-state index in [4.69, 9.17) is 23.7 Å². The van der Waals surface area contributed by atoms with Crippen LogP contribution in [0.3, 0.4) is 0 Å². The molecule has 1 atom stereocenters. The van der Waals surface area contributed by atoms with E-state index < -0.39 is 17.5 Å². The fourth-order valence-corrected chi connectivity index (χ4v) is 5.17. The lowest BCUT2D eigenvalue weighted by Gasteiger charge is -2.30. The molecule has 0 radical (unpaired) electrons. The highest BCUT2D eigenvalue weighted by atomic mass is 16.7. The maximum absolute atomic E-state index is 13.5. The summed E-state index contributed by atoms with van der Waals surface area (Å²) in [5.41, 5.74) is 1.33. The van der Waals surface area contributed by atoms with Crippen LogP contribution in [0.5, 0.6) is 5.75 Å². The molecule has 0 spiro atoms. The molecule has 1 unspecified atom stereocenters. The van der Waals surface area contributed by atoms with Crippen LogP contribution in [0.25, 0.3) is 5.57 Å².